The maximum atomic E-state index is 11.9. The minimum absolute atomic E-state index is 0.200. The standard InChI is InChI=1S/C13H18N2O2/c1-9-3-2-4-10(7-9)15-13(17)11-8-14-6-5-12(11)16/h5-6,8-10H,2-4,7H2,1H3,(H,14,16)(H,15,17). The highest BCUT2D eigenvalue weighted by molar-refractivity contribution is 5.93. The second kappa shape index (κ2) is 5.17. The molecule has 0 aliphatic heterocycles. The molecule has 2 atom stereocenters. The minimum Gasteiger partial charge on any atom is -0.367 e. The van der Waals surface area contributed by atoms with Gasteiger partial charge in [0, 0.05) is 24.5 Å². The normalized spacial score (nSPS) is 24.3. The quantitative estimate of drug-likeness (QED) is 0.818. The highest BCUT2D eigenvalue weighted by atomic mass is 16.2. The third kappa shape index (κ3) is 2.96. The third-order valence-electron chi connectivity index (χ3n) is 3.34. The summed E-state index contributed by atoms with van der Waals surface area (Å²) in [6.07, 6.45) is 7.40. The molecule has 0 saturated heterocycles. The zero-order chi connectivity index (χ0) is 12.3. The molecule has 0 bridgehead atoms. The molecule has 92 valence electrons. The van der Waals surface area contributed by atoms with Crippen molar-refractivity contribution in [1.82, 2.24) is 10.3 Å². The number of aromatic amines is 1. The summed E-state index contributed by atoms with van der Waals surface area (Å²) in [4.78, 5) is 26.2. The van der Waals surface area contributed by atoms with E-state index in [-0.39, 0.29) is 22.9 Å². The van der Waals surface area contributed by atoms with E-state index >= 15 is 0 Å². The van der Waals surface area contributed by atoms with Gasteiger partial charge in [0.25, 0.3) is 5.91 Å². The monoisotopic (exact) mass is 234 g/mol. The second-order valence-electron chi connectivity index (χ2n) is 4.86. The van der Waals surface area contributed by atoms with Gasteiger partial charge in [-0.15, -0.1) is 0 Å². The van der Waals surface area contributed by atoms with E-state index in [1.807, 2.05) is 0 Å². The van der Waals surface area contributed by atoms with Crippen molar-refractivity contribution < 1.29 is 4.79 Å². The van der Waals surface area contributed by atoms with E-state index in [0.29, 0.717) is 5.92 Å². The molecule has 0 aromatic carbocycles. The molecule has 17 heavy (non-hydrogen) atoms. The van der Waals surface area contributed by atoms with E-state index in [9.17, 15) is 9.59 Å². The van der Waals surface area contributed by atoms with Gasteiger partial charge in [0.15, 0.2) is 5.43 Å². The largest absolute Gasteiger partial charge is 0.367 e. The van der Waals surface area contributed by atoms with Gasteiger partial charge in [-0.2, -0.15) is 0 Å². The van der Waals surface area contributed by atoms with Crippen LogP contribution in [0.25, 0.3) is 0 Å². The van der Waals surface area contributed by atoms with E-state index in [2.05, 4.69) is 17.2 Å². The van der Waals surface area contributed by atoms with E-state index in [1.54, 1.807) is 0 Å². The third-order valence-corrected chi connectivity index (χ3v) is 3.34. The first-order chi connectivity index (χ1) is 8.16. The number of carbonyl (C=O) groups excluding carboxylic acids is 1. The molecule has 2 rings (SSSR count). The molecule has 1 aromatic rings. The minimum atomic E-state index is -0.258. The molecular weight excluding hydrogens is 216 g/mol. The zero-order valence-corrected chi connectivity index (χ0v) is 10.0. The van der Waals surface area contributed by atoms with Crippen LogP contribution in [0.2, 0.25) is 0 Å². The van der Waals surface area contributed by atoms with Crippen LogP contribution in [0.4, 0.5) is 0 Å². The predicted molar refractivity (Wildman–Crippen MR) is 65.9 cm³/mol. The molecule has 2 N–H and O–H groups in total. The van der Waals surface area contributed by atoms with Gasteiger partial charge < -0.3 is 10.3 Å². The highest BCUT2D eigenvalue weighted by Crippen LogP contribution is 2.23. The Bertz CT molecular complexity index is 453. The Labute approximate surface area is 100 Å². The van der Waals surface area contributed by atoms with E-state index in [4.69, 9.17) is 0 Å². The lowest BCUT2D eigenvalue weighted by molar-refractivity contribution is 0.0920. The Hall–Kier alpha value is -1.58. The molecule has 0 spiro atoms. The molecule has 1 aliphatic carbocycles. The Morgan fingerprint density at radius 3 is 3.00 bits per heavy atom. The molecular formula is C13H18N2O2. The summed E-state index contributed by atoms with van der Waals surface area (Å²) in [5.74, 6) is 0.397. The maximum Gasteiger partial charge on any atom is 0.256 e. The van der Waals surface area contributed by atoms with Crippen molar-refractivity contribution in [3.05, 3.63) is 34.2 Å². The summed E-state index contributed by atoms with van der Waals surface area (Å²) in [7, 11) is 0. The number of rotatable bonds is 2. The molecule has 1 aliphatic rings. The van der Waals surface area contributed by atoms with Gasteiger partial charge in [-0.3, -0.25) is 9.59 Å². The van der Waals surface area contributed by atoms with Crippen molar-refractivity contribution in [2.24, 2.45) is 5.92 Å². The lowest BCUT2D eigenvalue weighted by Crippen LogP contribution is -2.39. The van der Waals surface area contributed by atoms with Crippen LogP contribution in [0.15, 0.2) is 23.3 Å². The van der Waals surface area contributed by atoms with Crippen molar-refractivity contribution in [3.63, 3.8) is 0 Å². The number of nitrogens with one attached hydrogen (secondary N) is 2. The SMILES string of the molecule is CC1CCCC(NC(=O)c2c[nH]ccc2=O)C1. The van der Waals surface area contributed by atoms with Crippen molar-refractivity contribution in [2.75, 3.05) is 0 Å². The van der Waals surface area contributed by atoms with Crippen LogP contribution in [0.3, 0.4) is 0 Å². The Balaban J connectivity index is 2.02. The summed E-state index contributed by atoms with van der Waals surface area (Å²) in [5, 5.41) is 2.95. The van der Waals surface area contributed by atoms with Crippen LogP contribution >= 0.6 is 0 Å². The van der Waals surface area contributed by atoms with Crippen molar-refractivity contribution in [3.8, 4) is 0 Å². The maximum absolute atomic E-state index is 11.9. The molecule has 1 fully saturated rings. The van der Waals surface area contributed by atoms with Crippen molar-refractivity contribution in [1.29, 1.82) is 0 Å². The fourth-order valence-corrected chi connectivity index (χ4v) is 2.42. The number of hydrogen-bond donors (Lipinski definition) is 2. The first-order valence-corrected chi connectivity index (χ1v) is 6.15. The molecule has 1 aromatic heterocycles. The van der Waals surface area contributed by atoms with Crippen LogP contribution in [0.5, 0.6) is 0 Å². The van der Waals surface area contributed by atoms with E-state index < -0.39 is 0 Å². The van der Waals surface area contributed by atoms with Crippen LogP contribution in [-0.2, 0) is 0 Å². The fourth-order valence-electron chi connectivity index (χ4n) is 2.42. The number of carbonyl (C=O) groups is 1. The molecule has 1 saturated carbocycles. The number of pyridine rings is 1. The number of hydrogen-bond acceptors (Lipinski definition) is 2. The Morgan fingerprint density at radius 1 is 1.47 bits per heavy atom. The van der Waals surface area contributed by atoms with Crippen LogP contribution in [-0.4, -0.2) is 16.9 Å². The van der Waals surface area contributed by atoms with Crippen LogP contribution in [0, 0.1) is 5.92 Å². The smallest absolute Gasteiger partial charge is 0.256 e. The van der Waals surface area contributed by atoms with E-state index in [0.717, 1.165) is 19.3 Å². The average molecular weight is 234 g/mol. The predicted octanol–water partition coefficient (Wildman–Crippen LogP) is 1.68. The highest BCUT2D eigenvalue weighted by Gasteiger charge is 2.21. The molecule has 2 unspecified atom stereocenters. The molecule has 1 amide bonds. The zero-order valence-electron chi connectivity index (χ0n) is 10.0. The van der Waals surface area contributed by atoms with Crippen molar-refractivity contribution >= 4 is 5.91 Å². The summed E-state index contributed by atoms with van der Waals surface area (Å²) in [6, 6.07) is 1.59. The first-order valence-electron chi connectivity index (χ1n) is 6.15. The number of H-pyrrole nitrogens is 1. The summed E-state index contributed by atoms with van der Waals surface area (Å²) < 4.78 is 0. The van der Waals surface area contributed by atoms with Crippen molar-refractivity contribution in [2.45, 2.75) is 38.6 Å². The van der Waals surface area contributed by atoms with Gasteiger partial charge >= 0.3 is 0 Å². The summed E-state index contributed by atoms with van der Waals surface area (Å²) in [6.45, 7) is 2.20. The van der Waals surface area contributed by atoms with Gasteiger partial charge in [-0.25, -0.2) is 0 Å². The van der Waals surface area contributed by atoms with Gasteiger partial charge in [0.1, 0.15) is 5.56 Å². The van der Waals surface area contributed by atoms with Crippen LogP contribution < -0.4 is 10.7 Å². The number of aromatic nitrogens is 1. The molecule has 4 nitrogen and oxygen atoms in total. The molecule has 1 heterocycles. The first kappa shape index (κ1) is 11.9. The Kier molecular flexibility index (Phi) is 3.61. The van der Waals surface area contributed by atoms with Gasteiger partial charge in [0.2, 0.25) is 0 Å². The number of amides is 1. The molecule has 4 heteroatoms. The van der Waals surface area contributed by atoms with Gasteiger partial charge in [0.05, 0.1) is 0 Å². The summed E-state index contributed by atoms with van der Waals surface area (Å²) in [5.41, 5.74) is -0.0316. The van der Waals surface area contributed by atoms with E-state index in [1.165, 1.54) is 24.9 Å². The van der Waals surface area contributed by atoms with Gasteiger partial charge in [-0.05, 0) is 18.8 Å². The summed E-state index contributed by atoms with van der Waals surface area (Å²) >= 11 is 0. The van der Waals surface area contributed by atoms with Gasteiger partial charge in [-0.1, -0.05) is 19.8 Å². The second-order valence-corrected chi connectivity index (χ2v) is 4.86. The fraction of sp³-hybridized carbons (Fsp3) is 0.538. The van der Waals surface area contributed by atoms with Crippen LogP contribution in [0.1, 0.15) is 43.0 Å². The topological polar surface area (TPSA) is 62.0 Å². The lowest BCUT2D eigenvalue weighted by atomic mass is 9.87. The Morgan fingerprint density at radius 2 is 2.29 bits per heavy atom. The average Bonchev–Trinajstić information content (AvgIpc) is 2.29. The lowest BCUT2D eigenvalue weighted by Gasteiger charge is -2.27. The molecule has 0 radical (unpaired) electrons.